The second kappa shape index (κ2) is 4.38. The lowest BCUT2D eigenvalue weighted by Gasteiger charge is -1.96. The fourth-order valence-electron chi connectivity index (χ4n) is 0.390. The van der Waals surface area contributed by atoms with Gasteiger partial charge in [0.2, 0.25) is 0 Å². The molecule has 0 spiro atoms. The maximum absolute atomic E-state index is 12.0. The second-order valence-corrected chi connectivity index (χ2v) is 1.85. The molecule has 0 aliphatic carbocycles. The van der Waals surface area contributed by atoms with Crippen molar-refractivity contribution in [3.05, 3.63) is 0 Å². The van der Waals surface area contributed by atoms with Crippen LogP contribution in [0.3, 0.4) is 0 Å². The van der Waals surface area contributed by atoms with Crippen molar-refractivity contribution in [3.63, 3.8) is 0 Å². The Kier molecular flexibility index (Phi) is 4.52. The minimum Gasteiger partial charge on any atom is -0.246 e. The summed E-state index contributed by atoms with van der Waals surface area (Å²) in [5.74, 6) is 0.147. The summed E-state index contributed by atoms with van der Waals surface area (Å²) in [6, 6.07) is 0. The third kappa shape index (κ3) is 4.07. The van der Waals surface area contributed by atoms with E-state index in [1.165, 1.54) is 0 Å². The Hall–Kier alpha value is 0.220. The van der Waals surface area contributed by atoms with Gasteiger partial charge in [0.05, 0.1) is 5.88 Å². The average Bonchev–Trinajstić information content (AvgIpc) is 1.68. The van der Waals surface area contributed by atoms with E-state index in [4.69, 9.17) is 11.6 Å². The van der Waals surface area contributed by atoms with Crippen LogP contribution in [0.4, 0.5) is 4.39 Å². The second-order valence-electron chi connectivity index (χ2n) is 1.54. The zero-order valence-electron chi connectivity index (χ0n) is 4.45. The Labute approximate surface area is 48.7 Å². The first-order valence-corrected chi connectivity index (χ1v) is 3.04. The standard InChI is InChI=1S/C5H10ClF/c1-2-3-5(7)4-6/h5H,2-4H2,1H3. The van der Waals surface area contributed by atoms with Gasteiger partial charge < -0.3 is 0 Å². The van der Waals surface area contributed by atoms with Crippen LogP contribution in [0.1, 0.15) is 19.8 Å². The number of hydrogen-bond donors (Lipinski definition) is 0. The lowest BCUT2D eigenvalue weighted by atomic mass is 10.2. The highest BCUT2D eigenvalue weighted by molar-refractivity contribution is 6.18. The van der Waals surface area contributed by atoms with E-state index in [1.54, 1.807) is 0 Å². The highest BCUT2D eigenvalue weighted by Crippen LogP contribution is 2.01. The molecule has 0 aliphatic heterocycles. The predicted molar refractivity (Wildman–Crippen MR) is 30.5 cm³/mol. The van der Waals surface area contributed by atoms with Crippen LogP contribution in [0, 0.1) is 0 Å². The van der Waals surface area contributed by atoms with E-state index in [0.717, 1.165) is 6.42 Å². The highest BCUT2D eigenvalue weighted by atomic mass is 35.5. The monoisotopic (exact) mass is 124 g/mol. The number of rotatable bonds is 3. The molecule has 0 nitrogen and oxygen atoms in total. The fraction of sp³-hybridized carbons (Fsp3) is 1.00. The van der Waals surface area contributed by atoms with Crippen molar-refractivity contribution >= 4 is 11.6 Å². The molecule has 0 N–H and O–H groups in total. The Balaban J connectivity index is 2.83. The van der Waals surface area contributed by atoms with Crippen molar-refractivity contribution in [2.45, 2.75) is 25.9 Å². The first-order chi connectivity index (χ1) is 3.31. The third-order valence-corrected chi connectivity index (χ3v) is 1.10. The lowest BCUT2D eigenvalue weighted by molar-refractivity contribution is 0.343. The molecule has 1 unspecified atom stereocenters. The molecule has 0 saturated heterocycles. The van der Waals surface area contributed by atoms with Gasteiger partial charge in [-0.25, -0.2) is 4.39 Å². The Morgan fingerprint density at radius 2 is 2.29 bits per heavy atom. The van der Waals surface area contributed by atoms with Gasteiger partial charge in [-0.1, -0.05) is 13.3 Å². The van der Waals surface area contributed by atoms with Gasteiger partial charge in [-0.15, -0.1) is 11.6 Å². The molecule has 2 heteroatoms. The quantitative estimate of drug-likeness (QED) is 0.507. The topological polar surface area (TPSA) is 0 Å². The Morgan fingerprint density at radius 1 is 1.71 bits per heavy atom. The summed E-state index contributed by atoms with van der Waals surface area (Å²) < 4.78 is 12.0. The summed E-state index contributed by atoms with van der Waals surface area (Å²) >= 11 is 5.16. The summed E-state index contributed by atoms with van der Waals surface area (Å²) in [5, 5.41) is 0. The third-order valence-electron chi connectivity index (χ3n) is 0.769. The molecular weight excluding hydrogens is 115 g/mol. The molecule has 0 bridgehead atoms. The van der Waals surface area contributed by atoms with Crippen LogP contribution < -0.4 is 0 Å². The molecule has 0 fully saturated rings. The van der Waals surface area contributed by atoms with Crippen molar-refractivity contribution in [1.29, 1.82) is 0 Å². The van der Waals surface area contributed by atoms with Crippen LogP contribution in [0.2, 0.25) is 0 Å². The average molecular weight is 125 g/mol. The summed E-state index contributed by atoms with van der Waals surface area (Å²) in [7, 11) is 0. The smallest absolute Gasteiger partial charge is 0.114 e. The molecule has 44 valence electrons. The zero-order chi connectivity index (χ0) is 5.70. The van der Waals surface area contributed by atoms with Gasteiger partial charge in [0.25, 0.3) is 0 Å². The molecular formula is C5H10ClF. The molecule has 0 radical (unpaired) electrons. The number of halogens is 2. The van der Waals surface area contributed by atoms with Crippen LogP contribution in [0.25, 0.3) is 0 Å². The maximum Gasteiger partial charge on any atom is 0.114 e. The molecule has 0 saturated carbocycles. The van der Waals surface area contributed by atoms with Crippen molar-refractivity contribution in [2.75, 3.05) is 5.88 Å². The highest BCUT2D eigenvalue weighted by Gasteiger charge is 1.99. The Bertz CT molecular complexity index is 39.1. The van der Waals surface area contributed by atoms with Crippen molar-refractivity contribution in [3.8, 4) is 0 Å². The van der Waals surface area contributed by atoms with Gasteiger partial charge in [-0.2, -0.15) is 0 Å². The van der Waals surface area contributed by atoms with E-state index in [0.29, 0.717) is 6.42 Å². The van der Waals surface area contributed by atoms with Crippen molar-refractivity contribution in [2.24, 2.45) is 0 Å². The van der Waals surface area contributed by atoms with Crippen LogP contribution in [-0.4, -0.2) is 12.1 Å². The lowest BCUT2D eigenvalue weighted by Crippen LogP contribution is -1.98. The van der Waals surface area contributed by atoms with Crippen LogP contribution in [-0.2, 0) is 0 Å². The van der Waals surface area contributed by atoms with Gasteiger partial charge in [0.1, 0.15) is 6.17 Å². The van der Waals surface area contributed by atoms with Gasteiger partial charge in [0, 0.05) is 0 Å². The normalized spacial score (nSPS) is 14.1. The summed E-state index contributed by atoms with van der Waals surface area (Å²) in [4.78, 5) is 0. The van der Waals surface area contributed by atoms with Crippen LogP contribution in [0.15, 0.2) is 0 Å². The molecule has 0 aromatic heterocycles. The molecule has 0 aromatic rings. The molecule has 0 heterocycles. The largest absolute Gasteiger partial charge is 0.246 e. The summed E-state index contributed by atoms with van der Waals surface area (Å²) in [6.07, 6.45) is 0.698. The van der Waals surface area contributed by atoms with E-state index >= 15 is 0 Å². The van der Waals surface area contributed by atoms with Crippen molar-refractivity contribution in [1.82, 2.24) is 0 Å². The summed E-state index contributed by atoms with van der Waals surface area (Å²) in [5.41, 5.74) is 0. The fourth-order valence-corrected chi connectivity index (χ4v) is 0.545. The van der Waals surface area contributed by atoms with E-state index in [2.05, 4.69) is 0 Å². The molecule has 0 aliphatic rings. The minimum atomic E-state index is -0.785. The van der Waals surface area contributed by atoms with Gasteiger partial charge in [-0.3, -0.25) is 0 Å². The van der Waals surface area contributed by atoms with Crippen LogP contribution >= 0.6 is 11.6 Å². The van der Waals surface area contributed by atoms with Gasteiger partial charge in [-0.05, 0) is 6.42 Å². The van der Waals surface area contributed by atoms with Gasteiger partial charge >= 0.3 is 0 Å². The van der Waals surface area contributed by atoms with Crippen LogP contribution in [0.5, 0.6) is 0 Å². The van der Waals surface area contributed by atoms with E-state index in [9.17, 15) is 4.39 Å². The number of hydrogen-bond acceptors (Lipinski definition) is 0. The SMILES string of the molecule is CCCC(F)CCl. The summed E-state index contributed by atoms with van der Waals surface area (Å²) in [6.45, 7) is 1.94. The first-order valence-electron chi connectivity index (χ1n) is 2.51. The number of alkyl halides is 2. The zero-order valence-corrected chi connectivity index (χ0v) is 5.21. The predicted octanol–water partition coefficient (Wildman–Crippen LogP) is 2.36. The minimum absolute atomic E-state index is 0.147. The Morgan fingerprint density at radius 3 is 2.43 bits per heavy atom. The molecule has 1 atom stereocenters. The molecule has 0 aromatic carbocycles. The van der Waals surface area contributed by atoms with Gasteiger partial charge in [0.15, 0.2) is 0 Å². The van der Waals surface area contributed by atoms with E-state index in [1.807, 2.05) is 6.92 Å². The molecule has 0 amide bonds. The first kappa shape index (κ1) is 7.22. The van der Waals surface area contributed by atoms with E-state index in [-0.39, 0.29) is 5.88 Å². The van der Waals surface area contributed by atoms with Crippen molar-refractivity contribution < 1.29 is 4.39 Å². The maximum atomic E-state index is 12.0. The molecule has 0 rings (SSSR count). The molecule has 7 heavy (non-hydrogen) atoms. The van der Waals surface area contributed by atoms with E-state index < -0.39 is 6.17 Å².